The van der Waals surface area contributed by atoms with E-state index in [-0.39, 0.29) is 12.2 Å². The van der Waals surface area contributed by atoms with E-state index in [1.54, 1.807) is 48.2 Å². The number of carbonyl (C=O) groups is 2. The summed E-state index contributed by atoms with van der Waals surface area (Å²) in [7, 11) is 1.64. The zero-order chi connectivity index (χ0) is 19.9. The number of nitrogens with zero attached hydrogens (tertiary/aromatic N) is 4. The molecule has 1 fully saturated rings. The van der Waals surface area contributed by atoms with Crippen LogP contribution in [-0.4, -0.2) is 55.4 Å². The number of rotatable bonds is 2. The van der Waals surface area contributed by atoms with E-state index in [4.69, 9.17) is 5.73 Å². The van der Waals surface area contributed by atoms with Gasteiger partial charge in [0.05, 0.1) is 17.4 Å². The molecule has 3 heterocycles. The number of hydrogen-bond acceptors (Lipinski definition) is 5. The minimum Gasteiger partial charge on any atom is -0.369 e. The van der Waals surface area contributed by atoms with Gasteiger partial charge >= 0.3 is 0 Å². The maximum Gasteiger partial charge on any atom is 0.285 e. The van der Waals surface area contributed by atoms with Crippen LogP contribution in [0.5, 0.6) is 0 Å². The molecule has 8 heteroatoms. The fourth-order valence-corrected chi connectivity index (χ4v) is 3.21. The molecule has 1 atom stereocenters. The molecule has 0 bridgehead atoms. The van der Waals surface area contributed by atoms with Crippen molar-refractivity contribution in [2.75, 3.05) is 13.6 Å². The number of primary amides is 1. The molecule has 8 nitrogen and oxygen atoms in total. The molecule has 0 saturated carbocycles. The van der Waals surface area contributed by atoms with E-state index < -0.39 is 17.4 Å². The van der Waals surface area contributed by atoms with Crippen LogP contribution >= 0.6 is 0 Å². The first kappa shape index (κ1) is 17.7. The lowest BCUT2D eigenvalue weighted by atomic mass is 10.0. The third kappa shape index (κ3) is 2.88. The van der Waals surface area contributed by atoms with E-state index in [1.165, 1.54) is 4.90 Å². The van der Waals surface area contributed by atoms with Crippen LogP contribution in [0.3, 0.4) is 0 Å². The number of carbonyl (C=O) groups excluding carboxylic acids is 2. The number of imidazole rings is 1. The van der Waals surface area contributed by atoms with E-state index in [9.17, 15) is 14.7 Å². The van der Waals surface area contributed by atoms with Crippen LogP contribution < -0.4 is 5.73 Å². The topological polar surface area (TPSA) is 114 Å². The zero-order valence-electron chi connectivity index (χ0n) is 15.1. The van der Waals surface area contributed by atoms with Crippen molar-refractivity contribution in [3.8, 4) is 23.1 Å². The van der Waals surface area contributed by atoms with Crippen molar-refractivity contribution in [1.82, 2.24) is 19.3 Å². The summed E-state index contributed by atoms with van der Waals surface area (Å²) in [6.07, 6.45) is 5.04. The lowest BCUT2D eigenvalue weighted by molar-refractivity contribution is -0.137. The van der Waals surface area contributed by atoms with Crippen LogP contribution in [0.1, 0.15) is 22.6 Å². The average molecular weight is 375 g/mol. The molecule has 0 radical (unpaired) electrons. The molecular weight excluding hydrogens is 358 g/mol. The van der Waals surface area contributed by atoms with Crippen LogP contribution in [0.25, 0.3) is 16.8 Å². The number of likely N-dealkylation sites (N-methyl/N-ethyl adjacent to an activating group) is 1. The standard InChI is InChI=1S/C20H17N5O3/c1-24-9-7-20(28,19(24)27)6-5-13-3-2-4-14(11-13)16-15-12-22-8-10-25(15)18(23-16)17(21)26/h2-4,8,10-12,28H,7,9H2,1H3,(H2,21,26)/t20-/m0/s1. The van der Waals surface area contributed by atoms with E-state index in [0.717, 1.165) is 0 Å². The Balaban J connectivity index is 1.76. The van der Waals surface area contributed by atoms with Crippen molar-refractivity contribution in [2.24, 2.45) is 5.73 Å². The van der Waals surface area contributed by atoms with Crippen LogP contribution in [0.2, 0.25) is 0 Å². The fourth-order valence-electron chi connectivity index (χ4n) is 3.21. The quantitative estimate of drug-likeness (QED) is 0.631. The van der Waals surface area contributed by atoms with Gasteiger partial charge in [0.25, 0.3) is 11.8 Å². The summed E-state index contributed by atoms with van der Waals surface area (Å²) in [6.45, 7) is 0.466. The van der Waals surface area contributed by atoms with Crippen LogP contribution in [0.15, 0.2) is 42.9 Å². The number of nitrogens with two attached hydrogens (primary N) is 1. The van der Waals surface area contributed by atoms with Gasteiger partial charge in [-0.05, 0) is 12.1 Å². The molecule has 1 aromatic carbocycles. The summed E-state index contributed by atoms with van der Waals surface area (Å²) in [5.74, 6) is 4.64. The molecule has 0 aliphatic carbocycles. The normalized spacial score (nSPS) is 18.9. The van der Waals surface area contributed by atoms with Crippen molar-refractivity contribution in [3.63, 3.8) is 0 Å². The Kier molecular flexibility index (Phi) is 4.09. The van der Waals surface area contributed by atoms with Crippen molar-refractivity contribution >= 4 is 17.3 Å². The average Bonchev–Trinajstić information content (AvgIpc) is 3.21. The first-order valence-electron chi connectivity index (χ1n) is 8.62. The minimum atomic E-state index is -1.66. The van der Waals surface area contributed by atoms with Gasteiger partial charge in [0.15, 0.2) is 0 Å². The molecule has 3 N–H and O–H groups in total. The molecule has 140 valence electrons. The lowest BCUT2D eigenvalue weighted by Crippen LogP contribution is -2.37. The Morgan fingerprint density at radius 2 is 2.21 bits per heavy atom. The molecule has 28 heavy (non-hydrogen) atoms. The maximum atomic E-state index is 12.1. The third-order valence-electron chi connectivity index (χ3n) is 4.73. The van der Waals surface area contributed by atoms with Gasteiger partial charge in [-0.25, -0.2) is 4.98 Å². The highest BCUT2D eigenvalue weighted by atomic mass is 16.3. The van der Waals surface area contributed by atoms with Gasteiger partial charge in [-0.1, -0.05) is 24.0 Å². The van der Waals surface area contributed by atoms with Crippen LogP contribution in [-0.2, 0) is 4.79 Å². The van der Waals surface area contributed by atoms with Gasteiger partial charge in [0.2, 0.25) is 11.4 Å². The Morgan fingerprint density at radius 1 is 1.39 bits per heavy atom. The summed E-state index contributed by atoms with van der Waals surface area (Å²) < 4.78 is 1.58. The van der Waals surface area contributed by atoms with Gasteiger partial charge < -0.3 is 15.7 Å². The van der Waals surface area contributed by atoms with Crippen molar-refractivity contribution in [2.45, 2.75) is 12.0 Å². The van der Waals surface area contributed by atoms with Gasteiger partial charge in [-0.15, -0.1) is 0 Å². The molecule has 3 aromatic rings. The molecule has 4 rings (SSSR count). The van der Waals surface area contributed by atoms with Gasteiger partial charge in [-0.3, -0.25) is 19.0 Å². The second-order valence-electron chi connectivity index (χ2n) is 6.65. The highest BCUT2D eigenvalue weighted by Crippen LogP contribution is 2.25. The molecule has 1 saturated heterocycles. The van der Waals surface area contributed by atoms with Crippen LogP contribution in [0.4, 0.5) is 0 Å². The number of aliphatic hydroxyl groups is 1. The molecule has 0 unspecified atom stereocenters. The molecule has 1 aliphatic rings. The second-order valence-corrected chi connectivity index (χ2v) is 6.65. The van der Waals surface area contributed by atoms with Crippen molar-refractivity contribution in [1.29, 1.82) is 0 Å². The van der Waals surface area contributed by atoms with Gasteiger partial charge in [-0.2, -0.15) is 0 Å². The Bertz CT molecular complexity index is 1170. The summed E-state index contributed by atoms with van der Waals surface area (Å²) in [5, 5.41) is 10.4. The Labute approximate surface area is 160 Å². The van der Waals surface area contributed by atoms with E-state index in [0.29, 0.717) is 28.9 Å². The molecular formula is C20H17N5O3. The first-order valence-corrected chi connectivity index (χ1v) is 8.62. The predicted molar refractivity (Wildman–Crippen MR) is 101 cm³/mol. The number of amides is 2. The first-order chi connectivity index (χ1) is 13.4. The second kappa shape index (κ2) is 6.48. The summed E-state index contributed by atoms with van der Waals surface area (Å²) in [6, 6.07) is 7.17. The SMILES string of the molecule is CN1CC[C@@](O)(C#Cc2cccc(-c3nc(C(N)=O)n4ccncc34)c2)C1=O. The highest BCUT2D eigenvalue weighted by molar-refractivity contribution is 5.93. The number of aromatic nitrogens is 3. The minimum absolute atomic E-state index is 0.109. The number of hydrogen-bond donors (Lipinski definition) is 2. The zero-order valence-corrected chi connectivity index (χ0v) is 15.1. The van der Waals surface area contributed by atoms with E-state index in [2.05, 4.69) is 21.8 Å². The Morgan fingerprint density at radius 3 is 2.93 bits per heavy atom. The lowest BCUT2D eigenvalue weighted by Gasteiger charge is -2.13. The van der Waals surface area contributed by atoms with Crippen LogP contribution in [0, 0.1) is 11.8 Å². The molecule has 0 spiro atoms. The fraction of sp³-hybridized carbons (Fsp3) is 0.200. The van der Waals surface area contributed by atoms with E-state index >= 15 is 0 Å². The number of likely N-dealkylation sites (tertiary alicyclic amines) is 1. The predicted octanol–water partition coefficient (Wildman–Crippen LogP) is 0.440. The summed E-state index contributed by atoms with van der Waals surface area (Å²) >= 11 is 0. The summed E-state index contributed by atoms with van der Waals surface area (Å²) in [5.41, 5.74) is 6.27. The monoisotopic (exact) mass is 375 g/mol. The largest absolute Gasteiger partial charge is 0.369 e. The van der Waals surface area contributed by atoms with Crippen molar-refractivity contribution < 1.29 is 14.7 Å². The van der Waals surface area contributed by atoms with Gasteiger partial charge in [0, 0.05) is 43.5 Å². The maximum absolute atomic E-state index is 12.1. The van der Waals surface area contributed by atoms with Crippen molar-refractivity contribution in [3.05, 3.63) is 54.2 Å². The van der Waals surface area contributed by atoms with Gasteiger partial charge in [0.1, 0.15) is 0 Å². The molecule has 2 amide bonds. The molecule has 2 aromatic heterocycles. The smallest absolute Gasteiger partial charge is 0.285 e. The highest BCUT2D eigenvalue weighted by Gasteiger charge is 2.42. The Hall–Kier alpha value is -3.70. The van der Waals surface area contributed by atoms with E-state index in [1.807, 2.05) is 6.07 Å². The summed E-state index contributed by atoms with van der Waals surface area (Å²) in [4.78, 5) is 33.7. The molecule has 1 aliphatic heterocycles. The third-order valence-corrected chi connectivity index (χ3v) is 4.73. The number of fused-ring (bicyclic) bond motifs is 1. The number of benzene rings is 1.